The first-order valence-electron chi connectivity index (χ1n) is 5.03. The van der Waals surface area contributed by atoms with E-state index in [0.29, 0.717) is 12.1 Å². The van der Waals surface area contributed by atoms with Gasteiger partial charge in [0.25, 0.3) is 0 Å². The van der Waals surface area contributed by atoms with E-state index < -0.39 is 8.56 Å². The summed E-state index contributed by atoms with van der Waals surface area (Å²) in [6.45, 7) is 7.87. The van der Waals surface area contributed by atoms with E-state index in [1.165, 1.54) is 0 Å². The highest BCUT2D eigenvalue weighted by molar-refractivity contribution is 6.66. The van der Waals surface area contributed by atoms with Crippen LogP contribution < -0.4 is 5.73 Å². The highest BCUT2D eigenvalue weighted by Gasteiger charge is 2.30. The number of carbonyl (C=O) groups is 1. The van der Waals surface area contributed by atoms with Crippen LogP contribution in [-0.4, -0.2) is 34.6 Å². The van der Waals surface area contributed by atoms with Crippen LogP contribution in [0, 0.1) is 0 Å². The lowest BCUT2D eigenvalue weighted by molar-refractivity contribution is -0.118. The van der Waals surface area contributed by atoms with Gasteiger partial charge in [0.2, 0.25) is 0 Å². The molecule has 5 heteroatoms. The minimum absolute atomic E-state index is 0.0659. The Morgan fingerprint density at radius 3 is 2.53 bits per heavy atom. The van der Waals surface area contributed by atoms with Gasteiger partial charge in [0.1, 0.15) is 0 Å². The summed E-state index contributed by atoms with van der Waals surface area (Å²) in [5.41, 5.74) is 5.94. The van der Waals surface area contributed by atoms with E-state index in [4.69, 9.17) is 14.6 Å². The molecule has 0 heterocycles. The first kappa shape index (κ1) is 14.5. The van der Waals surface area contributed by atoms with Gasteiger partial charge in [-0.15, -0.1) is 0 Å². The van der Waals surface area contributed by atoms with Crippen LogP contribution in [0.15, 0.2) is 12.2 Å². The molecule has 88 valence electrons. The van der Waals surface area contributed by atoms with Crippen molar-refractivity contribution >= 4 is 14.3 Å². The zero-order chi connectivity index (χ0) is 11.9. The average Bonchev–Trinajstić information content (AvgIpc) is 2.22. The van der Waals surface area contributed by atoms with E-state index in [0.717, 1.165) is 12.5 Å². The SMILES string of the molecule is C=C(C)C(=O)CO[Si](C)(CCCN)OC. The standard InChI is InChI=1S/C10H21NO3Si/c1-9(2)10(12)8-14-15(4,13-3)7-5-6-11/h1,5-8,11H2,2-4H3. The molecular weight excluding hydrogens is 210 g/mol. The highest BCUT2D eigenvalue weighted by Crippen LogP contribution is 2.14. The summed E-state index contributed by atoms with van der Waals surface area (Å²) in [5.74, 6) is -0.0708. The molecule has 0 aromatic carbocycles. The maximum absolute atomic E-state index is 11.3. The Labute approximate surface area is 92.7 Å². The van der Waals surface area contributed by atoms with Gasteiger partial charge in [-0.2, -0.15) is 0 Å². The summed E-state index contributed by atoms with van der Waals surface area (Å²) in [5, 5.41) is 0. The maximum atomic E-state index is 11.3. The molecular formula is C10H21NO3Si. The summed E-state index contributed by atoms with van der Waals surface area (Å²) in [4.78, 5) is 11.3. The number of carbonyl (C=O) groups excluding carboxylic acids is 1. The van der Waals surface area contributed by atoms with Crippen molar-refractivity contribution in [2.45, 2.75) is 25.9 Å². The summed E-state index contributed by atoms with van der Waals surface area (Å²) >= 11 is 0. The normalized spacial score (nSPS) is 14.7. The molecule has 0 spiro atoms. The fourth-order valence-corrected chi connectivity index (χ4v) is 2.75. The molecule has 0 aliphatic carbocycles. The van der Waals surface area contributed by atoms with Gasteiger partial charge < -0.3 is 14.6 Å². The van der Waals surface area contributed by atoms with Gasteiger partial charge in [0, 0.05) is 7.11 Å². The quantitative estimate of drug-likeness (QED) is 0.504. The van der Waals surface area contributed by atoms with Crippen molar-refractivity contribution < 1.29 is 13.6 Å². The third-order valence-corrected chi connectivity index (χ3v) is 5.13. The molecule has 0 amide bonds. The Morgan fingerprint density at radius 1 is 1.53 bits per heavy atom. The first-order valence-corrected chi connectivity index (χ1v) is 7.55. The first-order chi connectivity index (χ1) is 6.95. The predicted octanol–water partition coefficient (Wildman–Crippen LogP) is 1.22. The van der Waals surface area contributed by atoms with Crippen LogP contribution in [0.5, 0.6) is 0 Å². The second-order valence-electron chi connectivity index (χ2n) is 3.72. The molecule has 0 rings (SSSR count). The molecule has 0 bridgehead atoms. The van der Waals surface area contributed by atoms with E-state index in [1.807, 2.05) is 6.55 Å². The summed E-state index contributed by atoms with van der Waals surface area (Å²) in [7, 11) is -0.576. The Hall–Kier alpha value is -0.493. The zero-order valence-electron chi connectivity index (χ0n) is 9.84. The molecule has 0 aliphatic rings. The van der Waals surface area contributed by atoms with Gasteiger partial charge in [-0.05, 0) is 38.1 Å². The van der Waals surface area contributed by atoms with Gasteiger partial charge in [-0.1, -0.05) is 6.58 Å². The second kappa shape index (κ2) is 6.89. The lowest BCUT2D eigenvalue weighted by Gasteiger charge is -2.24. The molecule has 15 heavy (non-hydrogen) atoms. The second-order valence-corrected chi connectivity index (χ2v) is 7.19. The Bertz CT molecular complexity index is 233. The van der Waals surface area contributed by atoms with E-state index in [2.05, 4.69) is 6.58 Å². The predicted molar refractivity (Wildman–Crippen MR) is 62.9 cm³/mol. The Morgan fingerprint density at radius 2 is 2.13 bits per heavy atom. The van der Waals surface area contributed by atoms with E-state index >= 15 is 0 Å². The molecule has 4 nitrogen and oxygen atoms in total. The summed E-state index contributed by atoms with van der Waals surface area (Å²) in [6.07, 6.45) is 0.859. The number of Topliss-reactive ketones (excluding diaryl/α,β-unsaturated/α-hetero) is 1. The van der Waals surface area contributed by atoms with Gasteiger partial charge in [-0.3, -0.25) is 4.79 Å². The monoisotopic (exact) mass is 231 g/mol. The Balaban J connectivity index is 4.08. The molecule has 1 unspecified atom stereocenters. The molecule has 2 N–H and O–H groups in total. The van der Waals surface area contributed by atoms with Gasteiger partial charge in [0.15, 0.2) is 5.78 Å². The van der Waals surface area contributed by atoms with Crippen molar-refractivity contribution in [1.82, 2.24) is 0 Å². The van der Waals surface area contributed by atoms with Crippen molar-refractivity contribution in [2.24, 2.45) is 5.73 Å². The maximum Gasteiger partial charge on any atom is 0.335 e. The van der Waals surface area contributed by atoms with E-state index in [9.17, 15) is 4.79 Å². The number of ketones is 1. The van der Waals surface area contributed by atoms with E-state index in [1.54, 1.807) is 14.0 Å². The van der Waals surface area contributed by atoms with Crippen LogP contribution in [0.25, 0.3) is 0 Å². The van der Waals surface area contributed by atoms with Crippen molar-refractivity contribution in [2.75, 3.05) is 20.3 Å². The van der Waals surface area contributed by atoms with Crippen LogP contribution in [0.1, 0.15) is 13.3 Å². The van der Waals surface area contributed by atoms with Crippen molar-refractivity contribution in [1.29, 1.82) is 0 Å². The summed E-state index contributed by atoms with van der Waals surface area (Å²) < 4.78 is 10.9. The van der Waals surface area contributed by atoms with Crippen molar-refractivity contribution in [3.63, 3.8) is 0 Å². The molecule has 0 aliphatic heterocycles. The minimum Gasteiger partial charge on any atom is -0.398 e. The largest absolute Gasteiger partial charge is 0.398 e. The lowest BCUT2D eigenvalue weighted by Crippen LogP contribution is -2.39. The number of rotatable bonds is 8. The van der Waals surface area contributed by atoms with Gasteiger partial charge in [-0.25, -0.2) is 0 Å². The minimum atomic E-state index is -2.19. The molecule has 0 aromatic heterocycles. The van der Waals surface area contributed by atoms with Gasteiger partial charge in [0.05, 0.1) is 6.61 Å². The fraction of sp³-hybridized carbons (Fsp3) is 0.700. The molecule has 0 aromatic rings. The third kappa shape index (κ3) is 5.84. The molecule has 0 fully saturated rings. The smallest absolute Gasteiger partial charge is 0.335 e. The fourth-order valence-electron chi connectivity index (χ4n) is 0.998. The van der Waals surface area contributed by atoms with Gasteiger partial charge >= 0.3 is 8.56 Å². The lowest BCUT2D eigenvalue weighted by atomic mass is 10.2. The molecule has 1 atom stereocenters. The summed E-state index contributed by atoms with van der Waals surface area (Å²) in [6, 6.07) is 0.809. The topological polar surface area (TPSA) is 61.5 Å². The molecule has 0 radical (unpaired) electrons. The van der Waals surface area contributed by atoms with E-state index in [-0.39, 0.29) is 12.4 Å². The van der Waals surface area contributed by atoms with Crippen molar-refractivity contribution in [3.05, 3.63) is 12.2 Å². The Kier molecular flexibility index (Phi) is 6.67. The van der Waals surface area contributed by atoms with Crippen LogP contribution >= 0.6 is 0 Å². The number of hydrogen-bond donors (Lipinski definition) is 1. The number of nitrogens with two attached hydrogens (primary N) is 1. The molecule has 0 saturated carbocycles. The van der Waals surface area contributed by atoms with Crippen LogP contribution in [0.3, 0.4) is 0 Å². The third-order valence-electron chi connectivity index (χ3n) is 2.25. The molecule has 0 saturated heterocycles. The average molecular weight is 231 g/mol. The van der Waals surface area contributed by atoms with Crippen molar-refractivity contribution in [3.8, 4) is 0 Å². The van der Waals surface area contributed by atoms with Crippen LogP contribution in [0.2, 0.25) is 12.6 Å². The highest BCUT2D eigenvalue weighted by atomic mass is 28.4. The number of hydrogen-bond acceptors (Lipinski definition) is 4. The van der Waals surface area contributed by atoms with Crippen LogP contribution in [0.4, 0.5) is 0 Å². The van der Waals surface area contributed by atoms with Crippen LogP contribution in [-0.2, 0) is 13.6 Å². The zero-order valence-corrected chi connectivity index (χ0v) is 10.8.